The van der Waals surface area contributed by atoms with Gasteiger partial charge in [-0.05, 0) is 43.9 Å². The first-order valence-electron chi connectivity index (χ1n) is 16.0. The van der Waals surface area contributed by atoms with Crippen molar-refractivity contribution >= 4 is 45.7 Å². The molecule has 1 aliphatic carbocycles. The lowest BCUT2D eigenvalue weighted by molar-refractivity contribution is -0.0304. The highest BCUT2D eigenvalue weighted by Gasteiger charge is 2.33. The number of nitrogens with zero attached hydrogens (tertiary/aromatic N) is 5. The third-order valence-electron chi connectivity index (χ3n) is 9.32. The number of aliphatic hydroxyl groups is 1. The lowest BCUT2D eigenvalue weighted by atomic mass is 9.99. The van der Waals surface area contributed by atoms with Crippen LogP contribution in [-0.2, 0) is 25.3 Å². The van der Waals surface area contributed by atoms with Crippen LogP contribution < -0.4 is 26.6 Å². The lowest BCUT2D eigenvalue weighted by Crippen LogP contribution is -2.47. The Morgan fingerprint density at radius 1 is 0.980 bits per heavy atom. The third kappa shape index (κ3) is 5.87. The number of benzene rings is 2. The molecule has 254 valence electrons. The van der Waals surface area contributed by atoms with Crippen LogP contribution in [0.25, 0.3) is 33.4 Å². The molecule has 1 fully saturated rings. The molecule has 0 amide bonds. The predicted octanol–water partition coefficient (Wildman–Crippen LogP) is 4.85. The molecule has 4 heterocycles. The van der Waals surface area contributed by atoms with Gasteiger partial charge in [0.15, 0.2) is 5.65 Å². The van der Waals surface area contributed by atoms with Gasteiger partial charge in [-0.2, -0.15) is 0 Å². The van der Waals surface area contributed by atoms with Gasteiger partial charge in [-0.1, -0.05) is 53.5 Å². The second-order valence-corrected chi connectivity index (χ2v) is 13.1. The number of aromatic nitrogens is 5. The number of hydrogen-bond acceptors (Lipinski definition) is 10. The Kier molecular flexibility index (Phi) is 8.92. The molecule has 0 unspecified atom stereocenters. The molecule has 0 bridgehead atoms. The van der Waals surface area contributed by atoms with Crippen LogP contribution in [0.4, 0.5) is 11.5 Å². The van der Waals surface area contributed by atoms with E-state index in [1.54, 1.807) is 27.1 Å². The number of pyridine rings is 1. The Morgan fingerprint density at radius 3 is 2.47 bits per heavy atom. The summed E-state index contributed by atoms with van der Waals surface area (Å²) < 4.78 is 13.6. The van der Waals surface area contributed by atoms with Gasteiger partial charge in [-0.15, -0.1) is 0 Å². The summed E-state index contributed by atoms with van der Waals surface area (Å²) in [7, 11) is 4.58. The molecule has 0 spiro atoms. The van der Waals surface area contributed by atoms with Crippen molar-refractivity contribution in [3.8, 4) is 28.3 Å². The number of aryl methyl sites for hydroxylation is 3. The SMILES string of the molecule is COc1nc(-c2cccc(-c3cccc(Nc4nc(C)nc5c4c(=O)n(C)c(=O)n5C)c3Cl)c2Cl)cc2c1[C@@H](N[C@@H]1CCOC[C@@H]1O)CC2. The molecule has 0 radical (unpaired) electrons. The Hall–Kier alpha value is -4.33. The van der Waals surface area contributed by atoms with Gasteiger partial charge in [0.25, 0.3) is 5.56 Å². The molecule has 5 aromatic rings. The topological polar surface area (TPSA) is 145 Å². The van der Waals surface area contributed by atoms with E-state index in [1.165, 1.54) is 11.6 Å². The lowest BCUT2D eigenvalue weighted by Gasteiger charge is -2.31. The van der Waals surface area contributed by atoms with E-state index in [0.29, 0.717) is 63.0 Å². The van der Waals surface area contributed by atoms with Gasteiger partial charge in [-0.3, -0.25) is 13.9 Å². The minimum Gasteiger partial charge on any atom is -0.481 e. The maximum Gasteiger partial charge on any atom is 0.332 e. The van der Waals surface area contributed by atoms with Gasteiger partial charge in [-0.25, -0.2) is 19.7 Å². The Morgan fingerprint density at radius 2 is 1.71 bits per heavy atom. The average molecular weight is 705 g/mol. The average Bonchev–Trinajstić information content (AvgIpc) is 3.50. The summed E-state index contributed by atoms with van der Waals surface area (Å²) >= 11 is 14.2. The molecule has 14 heteroatoms. The van der Waals surface area contributed by atoms with Crippen LogP contribution in [0.15, 0.2) is 52.1 Å². The van der Waals surface area contributed by atoms with Crippen LogP contribution in [-0.4, -0.2) is 61.7 Å². The van der Waals surface area contributed by atoms with Crippen molar-refractivity contribution in [1.29, 1.82) is 0 Å². The van der Waals surface area contributed by atoms with Crippen molar-refractivity contribution < 1.29 is 14.6 Å². The van der Waals surface area contributed by atoms with Crippen molar-refractivity contribution in [3.05, 3.63) is 90.3 Å². The van der Waals surface area contributed by atoms with Crippen molar-refractivity contribution in [2.24, 2.45) is 14.1 Å². The molecular weight excluding hydrogens is 669 g/mol. The minimum absolute atomic E-state index is 0.000893. The normalized spacial score (nSPS) is 18.9. The molecule has 1 aliphatic heterocycles. The maximum absolute atomic E-state index is 13.2. The zero-order chi connectivity index (χ0) is 34.6. The van der Waals surface area contributed by atoms with E-state index < -0.39 is 17.4 Å². The summed E-state index contributed by atoms with van der Waals surface area (Å²) in [5.41, 5.74) is 4.53. The summed E-state index contributed by atoms with van der Waals surface area (Å²) in [6.07, 6.45) is 1.85. The van der Waals surface area contributed by atoms with E-state index in [-0.39, 0.29) is 28.9 Å². The first-order valence-corrected chi connectivity index (χ1v) is 16.7. The van der Waals surface area contributed by atoms with Crippen LogP contribution in [0.5, 0.6) is 5.88 Å². The number of methoxy groups -OCH3 is 1. The molecule has 0 saturated carbocycles. The fraction of sp³-hybridized carbons (Fsp3) is 0.343. The van der Waals surface area contributed by atoms with E-state index >= 15 is 0 Å². The van der Waals surface area contributed by atoms with E-state index in [9.17, 15) is 14.7 Å². The first kappa shape index (κ1) is 33.2. The number of rotatable bonds is 7. The minimum atomic E-state index is -0.565. The molecule has 3 atom stereocenters. The third-order valence-corrected chi connectivity index (χ3v) is 10.1. The molecule has 7 rings (SSSR count). The Bertz CT molecular complexity index is 2240. The molecule has 1 saturated heterocycles. The van der Waals surface area contributed by atoms with E-state index in [4.69, 9.17) is 37.7 Å². The highest BCUT2D eigenvalue weighted by atomic mass is 35.5. The first-order chi connectivity index (χ1) is 23.6. The second kappa shape index (κ2) is 13.2. The standard InChI is InChI=1S/C35H35Cl2N7O5/c1-17-38-31(28-32(39-17)43(2)35(47)44(3)34(28)46)41-24-10-6-8-20(30(24)37)19-7-5-9-21(29(19)36)25-15-18-11-12-23(27(18)33(42-25)48-4)40-22-13-14-49-16-26(22)45/h5-10,15,22-23,26,40,45H,11-14,16H2,1-4H3,(H,38,39,41)/t22-,23+,26+/m1/s1. The fourth-order valence-corrected chi connectivity index (χ4v) is 7.40. The zero-order valence-electron chi connectivity index (χ0n) is 27.4. The van der Waals surface area contributed by atoms with Crippen LogP contribution >= 0.6 is 23.2 Å². The van der Waals surface area contributed by atoms with Gasteiger partial charge in [0.2, 0.25) is 5.88 Å². The van der Waals surface area contributed by atoms with Gasteiger partial charge in [0.1, 0.15) is 17.0 Å². The van der Waals surface area contributed by atoms with Crippen LogP contribution in [0.2, 0.25) is 10.0 Å². The van der Waals surface area contributed by atoms with Gasteiger partial charge in [0, 0.05) is 55.0 Å². The van der Waals surface area contributed by atoms with Crippen molar-refractivity contribution in [2.45, 2.75) is 44.4 Å². The highest BCUT2D eigenvalue weighted by Crippen LogP contribution is 2.44. The number of ether oxygens (including phenoxy) is 2. The smallest absolute Gasteiger partial charge is 0.332 e. The Balaban J connectivity index is 1.25. The van der Waals surface area contributed by atoms with E-state index in [1.807, 2.05) is 30.3 Å². The maximum atomic E-state index is 13.2. The van der Waals surface area contributed by atoms with Crippen molar-refractivity contribution in [2.75, 3.05) is 25.6 Å². The van der Waals surface area contributed by atoms with Gasteiger partial charge >= 0.3 is 5.69 Å². The molecule has 2 aromatic carbocycles. The fourth-order valence-electron chi connectivity index (χ4n) is 6.80. The number of fused-ring (bicyclic) bond motifs is 2. The number of anilines is 2. The summed E-state index contributed by atoms with van der Waals surface area (Å²) in [6, 6.07) is 13.2. The van der Waals surface area contributed by atoms with Crippen LogP contribution in [0.1, 0.15) is 35.8 Å². The summed E-state index contributed by atoms with van der Waals surface area (Å²) in [5.74, 6) is 1.12. The predicted molar refractivity (Wildman–Crippen MR) is 189 cm³/mol. The summed E-state index contributed by atoms with van der Waals surface area (Å²) in [4.78, 5) is 39.5. The Labute approximate surface area is 291 Å². The van der Waals surface area contributed by atoms with Gasteiger partial charge in [0.05, 0.1) is 41.2 Å². The highest BCUT2D eigenvalue weighted by molar-refractivity contribution is 6.39. The molecule has 2 aliphatic rings. The number of halogens is 2. The largest absolute Gasteiger partial charge is 0.481 e. The zero-order valence-corrected chi connectivity index (χ0v) is 28.9. The van der Waals surface area contributed by atoms with Crippen molar-refractivity contribution in [1.82, 2.24) is 29.4 Å². The number of hydrogen-bond donors (Lipinski definition) is 3. The second-order valence-electron chi connectivity index (χ2n) is 12.4. The molecule has 3 aromatic heterocycles. The molecule has 49 heavy (non-hydrogen) atoms. The molecule has 12 nitrogen and oxygen atoms in total. The molecule has 3 N–H and O–H groups in total. The quantitative estimate of drug-likeness (QED) is 0.215. The van der Waals surface area contributed by atoms with Crippen LogP contribution in [0, 0.1) is 6.92 Å². The molecular formula is C35H35Cl2N7O5. The number of aliphatic hydroxyl groups excluding tert-OH is 1. The monoisotopic (exact) mass is 703 g/mol. The van der Waals surface area contributed by atoms with Gasteiger partial charge < -0.3 is 25.2 Å². The van der Waals surface area contributed by atoms with Crippen molar-refractivity contribution in [3.63, 3.8) is 0 Å². The van der Waals surface area contributed by atoms with E-state index in [2.05, 4.69) is 26.7 Å². The summed E-state index contributed by atoms with van der Waals surface area (Å²) in [6.45, 7) is 2.62. The number of nitrogens with one attached hydrogen (secondary N) is 2. The van der Waals surface area contributed by atoms with Crippen LogP contribution in [0.3, 0.4) is 0 Å². The summed E-state index contributed by atoms with van der Waals surface area (Å²) in [5, 5.41) is 18.3. The van der Waals surface area contributed by atoms with E-state index in [0.717, 1.165) is 35.0 Å².